The Balaban J connectivity index is 1.92. The predicted molar refractivity (Wildman–Crippen MR) is 69.0 cm³/mol. The number of nitrogens with two attached hydrogens (primary N) is 1. The molecule has 1 fully saturated rings. The van der Waals surface area contributed by atoms with Crippen LogP contribution in [0, 0.1) is 0 Å². The van der Waals surface area contributed by atoms with Crippen molar-refractivity contribution in [3.05, 3.63) is 18.5 Å². The van der Waals surface area contributed by atoms with Crippen LogP contribution in [-0.4, -0.2) is 51.0 Å². The minimum Gasteiger partial charge on any atom is -0.380 e. The van der Waals surface area contributed by atoms with Gasteiger partial charge in [-0.05, 0) is 12.5 Å². The van der Waals surface area contributed by atoms with Crippen molar-refractivity contribution in [1.29, 1.82) is 0 Å². The lowest BCUT2D eigenvalue weighted by Crippen LogP contribution is -2.28. The van der Waals surface area contributed by atoms with Gasteiger partial charge in [0.25, 0.3) is 5.95 Å². The van der Waals surface area contributed by atoms with Crippen LogP contribution in [0.2, 0.25) is 0 Å². The lowest BCUT2D eigenvalue weighted by Gasteiger charge is -2.19. The molecule has 8 heteroatoms. The van der Waals surface area contributed by atoms with Gasteiger partial charge < -0.3 is 15.4 Å². The van der Waals surface area contributed by atoms with Gasteiger partial charge in [0.05, 0.1) is 6.61 Å². The molecular weight excluding hydrogens is 246 g/mol. The molecule has 0 aromatic carbocycles. The van der Waals surface area contributed by atoms with Crippen molar-refractivity contribution in [3.8, 4) is 5.95 Å². The normalized spacial score (nSPS) is 16.3. The van der Waals surface area contributed by atoms with E-state index in [1.165, 1.54) is 0 Å². The van der Waals surface area contributed by atoms with Gasteiger partial charge >= 0.3 is 0 Å². The minimum atomic E-state index is 0.195. The second kappa shape index (κ2) is 5.19. The first-order valence-electron chi connectivity index (χ1n) is 6.17. The van der Waals surface area contributed by atoms with Gasteiger partial charge in [-0.3, -0.25) is 0 Å². The van der Waals surface area contributed by atoms with Crippen molar-refractivity contribution in [2.75, 3.05) is 36.9 Å². The molecule has 0 bridgehead atoms. The van der Waals surface area contributed by atoms with Gasteiger partial charge in [0.1, 0.15) is 0 Å². The summed E-state index contributed by atoms with van der Waals surface area (Å²) in [6, 6.07) is 1.80. The van der Waals surface area contributed by atoms with E-state index in [4.69, 9.17) is 10.5 Å². The summed E-state index contributed by atoms with van der Waals surface area (Å²) in [6.45, 7) is 3.04. The summed E-state index contributed by atoms with van der Waals surface area (Å²) in [5, 5.41) is 4.10. The summed E-state index contributed by atoms with van der Waals surface area (Å²) in [4.78, 5) is 14.8. The van der Waals surface area contributed by atoms with Gasteiger partial charge in [-0.1, -0.05) is 0 Å². The van der Waals surface area contributed by atoms with E-state index in [0.29, 0.717) is 18.5 Å². The molecule has 3 heterocycles. The second-order valence-electron chi connectivity index (χ2n) is 4.20. The highest BCUT2D eigenvalue weighted by atomic mass is 16.5. The number of nitrogens with zero attached hydrogens (tertiary/aromatic N) is 6. The number of anilines is 2. The first-order valence-corrected chi connectivity index (χ1v) is 6.17. The summed E-state index contributed by atoms with van der Waals surface area (Å²) in [5.41, 5.74) is 5.75. The molecule has 3 rings (SSSR count). The Morgan fingerprint density at radius 1 is 1.11 bits per heavy atom. The van der Waals surface area contributed by atoms with Crippen LogP contribution in [0.3, 0.4) is 0 Å². The summed E-state index contributed by atoms with van der Waals surface area (Å²) < 4.78 is 6.98. The molecule has 2 aromatic rings. The van der Waals surface area contributed by atoms with E-state index >= 15 is 0 Å². The van der Waals surface area contributed by atoms with Gasteiger partial charge in [0, 0.05) is 32.1 Å². The molecule has 0 unspecified atom stereocenters. The fraction of sp³-hybridized carbons (Fsp3) is 0.455. The van der Waals surface area contributed by atoms with Crippen LogP contribution >= 0.6 is 0 Å². The van der Waals surface area contributed by atoms with Crippen molar-refractivity contribution in [1.82, 2.24) is 24.7 Å². The molecule has 0 amide bonds. The lowest BCUT2D eigenvalue weighted by atomic mass is 10.4. The Hall–Kier alpha value is -2.22. The Morgan fingerprint density at radius 3 is 2.84 bits per heavy atom. The number of nitrogen functional groups attached to an aromatic ring is 1. The van der Waals surface area contributed by atoms with E-state index in [1.54, 1.807) is 23.1 Å². The smallest absolute Gasteiger partial charge is 0.257 e. The molecule has 19 heavy (non-hydrogen) atoms. The third kappa shape index (κ3) is 2.63. The Morgan fingerprint density at radius 2 is 2.00 bits per heavy atom. The molecule has 2 N–H and O–H groups in total. The number of hydrogen-bond donors (Lipinski definition) is 1. The first kappa shape index (κ1) is 11.8. The Labute approximate surface area is 110 Å². The van der Waals surface area contributed by atoms with E-state index in [-0.39, 0.29) is 5.95 Å². The third-order valence-electron chi connectivity index (χ3n) is 2.84. The van der Waals surface area contributed by atoms with Gasteiger partial charge in [0.2, 0.25) is 11.9 Å². The molecule has 0 atom stereocenters. The van der Waals surface area contributed by atoms with E-state index in [2.05, 4.69) is 25.0 Å². The molecule has 0 saturated carbocycles. The number of rotatable bonds is 2. The summed E-state index contributed by atoms with van der Waals surface area (Å²) in [5.74, 6) is 1.20. The molecule has 0 spiro atoms. The van der Waals surface area contributed by atoms with Crippen molar-refractivity contribution in [2.24, 2.45) is 0 Å². The molecule has 1 aliphatic heterocycles. The highest BCUT2D eigenvalue weighted by Gasteiger charge is 2.15. The zero-order valence-corrected chi connectivity index (χ0v) is 10.4. The monoisotopic (exact) mass is 261 g/mol. The van der Waals surface area contributed by atoms with Gasteiger partial charge in [-0.2, -0.15) is 20.1 Å². The average Bonchev–Trinajstić information content (AvgIpc) is 2.81. The average molecular weight is 261 g/mol. The fourth-order valence-electron chi connectivity index (χ4n) is 1.95. The minimum absolute atomic E-state index is 0.195. The molecule has 0 radical (unpaired) electrons. The number of hydrogen-bond acceptors (Lipinski definition) is 7. The second-order valence-corrected chi connectivity index (χ2v) is 4.20. The molecule has 100 valence electrons. The molecule has 8 nitrogen and oxygen atoms in total. The summed E-state index contributed by atoms with van der Waals surface area (Å²) in [7, 11) is 0. The SMILES string of the molecule is Nc1nc(N2CCCOCC2)nc(-n2cccn2)n1. The van der Waals surface area contributed by atoms with Crippen LogP contribution in [-0.2, 0) is 4.74 Å². The Kier molecular flexibility index (Phi) is 3.23. The molecule has 1 saturated heterocycles. The fourth-order valence-corrected chi connectivity index (χ4v) is 1.95. The maximum Gasteiger partial charge on any atom is 0.257 e. The first-order chi connectivity index (χ1) is 9.33. The highest BCUT2D eigenvalue weighted by Crippen LogP contribution is 2.13. The molecular formula is C11H15N7O. The van der Waals surface area contributed by atoms with Crippen molar-refractivity contribution >= 4 is 11.9 Å². The van der Waals surface area contributed by atoms with Crippen molar-refractivity contribution in [2.45, 2.75) is 6.42 Å². The maximum atomic E-state index is 5.75. The maximum absolute atomic E-state index is 5.75. The van der Waals surface area contributed by atoms with Gasteiger partial charge in [-0.25, -0.2) is 4.68 Å². The predicted octanol–water partition coefficient (Wildman–Crippen LogP) is -0.134. The topological polar surface area (TPSA) is 95.0 Å². The van der Waals surface area contributed by atoms with E-state index < -0.39 is 0 Å². The third-order valence-corrected chi connectivity index (χ3v) is 2.84. The largest absolute Gasteiger partial charge is 0.380 e. The van der Waals surface area contributed by atoms with Crippen LogP contribution < -0.4 is 10.6 Å². The van der Waals surface area contributed by atoms with E-state index in [1.807, 2.05) is 0 Å². The van der Waals surface area contributed by atoms with E-state index in [0.717, 1.165) is 26.1 Å². The summed E-state index contributed by atoms with van der Waals surface area (Å²) in [6.07, 6.45) is 4.38. The Bertz CT molecular complexity index is 534. The lowest BCUT2D eigenvalue weighted by molar-refractivity contribution is 0.152. The molecule has 1 aliphatic rings. The quantitative estimate of drug-likeness (QED) is 0.804. The summed E-state index contributed by atoms with van der Waals surface area (Å²) >= 11 is 0. The molecule has 0 aliphatic carbocycles. The van der Waals surface area contributed by atoms with Gasteiger partial charge in [-0.15, -0.1) is 0 Å². The molecule has 2 aromatic heterocycles. The van der Waals surface area contributed by atoms with Crippen molar-refractivity contribution in [3.63, 3.8) is 0 Å². The number of aromatic nitrogens is 5. The number of ether oxygens (including phenoxy) is 1. The standard InChI is InChI=1S/C11H15N7O/c12-9-14-10(17-4-2-7-19-8-6-17)16-11(15-9)18-5-1-3-13-18/h1,3,5H,2,4,6-8H2,(H2,12,14,15,16). The van der Waals surface area contributed by atoms with Crippen LogP contribution in [0.15, 0.2) is 18.5 Å². The van der Waals surface area contributed by atoms with Crippen LogP contribution in [0.4, 0.5) is 11.9 Å². The highest BCUT2D eigenvalue weighted by molar-refractivity contribution is 5.37. The van der Waals surface area contributed by atoms with Crippen LogP contribution in [0.5, 0.6) is 0 Å². The van der Waals surface area contributed by atoms with Gasteiger partial charge in [0.15, 0.2) is 0 Å². The van der Waals surface area contributed by atoms with E-state index in [9.17, 15) is 0 Å². The van der Waals surface area contributed by atoms with Crippen LogP contribution in [0.1, 0.15) is 6.42 Å². The van der Waals surface area contributed by atoms with Crippen LogP contribution in [0.25, 0.3) is 5.95 Å². The zero-order chi connectivity index (χ0) is 13.1. The zero-order valence-electron chi connectivity index (χ0n) is 10.4. The van der Waals surface area contributed by atoms with Crippen molar-refractivity contribution < 1.29 is 4.74 Å².